The van der Waals surface area contributed by atoms with E-state index >= 15 is 0 Å². The highest BCUT2D eigenvalue weighted by molar-refractivity contribution is 5.34. The van der Waals surface area contributed by atoms with Crippen LogP contribution in [-0.4, -0.2) is 22.8 Å². The third-order valence-corrected chi connectivity index (χ3v) is 3.20. The van der Waals surface area contributed by atoms with E-state index in [1.54, 1.807) is 0 Å². The molecule has 1 aromatic rings. The number of hydrogen-bond acceptors (Lipinski definition) is 2. The predicted molar refractivity (Wildman–Crippen MR) is 78.0 cm³/mol. The molecule has 2 nitrogen and oxygen atoms in total. The first-order valence-electron chi connectivity index (χ1n) is 6.63. The Kier molecular flexibility index (Phi) is 4.57. The Hall–Kier alpha value is -0.860. The summed E-state index contributed by atoms with van der Waals surface area (Å²) in [4.78, 5) is 0. The number of nitrogens with one attached hydrogen (secondary N) is 1. The van der Waals surface area contributed by atoms with Crippen LogP contribution in [0.15, 0.2) is 18.2 Å². The quantitative estimate of drug-likeness (QED) is 0.860. The molecular formula is C16H27NO. The molecule has 0 fully saturated rings. The Morgan fingerprint density at radius 3 is 2.00 bits per heavy atom. The topological polar surface area (TPSA) is 32.3 Å². The summed E-state index contributed by atoms with van der Waals surface area (Å²) >= 11 is 0. The molecule has 1 unspecified atom stereocenters. The minimum absolute atomic E-state index is 0.0325. The fourth-order valence-corrected chi connectivity index (χ4v) is 2.03. The first kappa shape index (κ1) is 15.2. The van der Waals surface area contributed by atoms with E-state index in [4.69, 9.17) is 0 Å². The van der Waals surface area contributed by atoms with Crippen molar-refractivity contribution in [2.45, 2.75) is 59.1 Å². The second kappa shape index (κ2) is 5.41. The predicted octanol–water partition coefficient (Wildman–Crippen LogP) is 2.99. The molecule has 0 saturated carbocycles. The van der Waals surface area contributed by atoms with Crippen molar-refractivity contribution in [1.82, 2.24) is 5.32 Å². The molecule has 2 N–H and O–H groups in total. The Bertz CT molecular complexity index is 382. The maximum absolute atomic E-state index is 10.5. The van der Waals surface area contributed by atoms with Crippen LogP contribution in [0.2, 0.25) is 0 Å². The maximum Gasteiger partial charge on any atom is 0.0784 e. The van der Waals surface area contributed by atoms with Gasteiger partial charge in [0, 0.05) is 18.5 Å². The number of hydrogen-bond donors (Lipinski definition) is 2. The van der Waals surface area contributed by atoms with E-state index in [-0.39, 0.29) is 5.54 Å². The number of rotatable bonds is 4. The normalized spacial score (nSPS) is 15.5. The lowest BCUT2D eigenvalue weighted by Crippen LogP contribution is -2.47. The summed E-state index contributed by atoms with van der Waals surface area (Å²) in [5, 5.41) is 13.9. The summed E-state index contributed by atoms with van der Waals surface area (Å²) in [7, 11) is 0. The first-order valence-corrected chi connectivity index (χ1v) is 6.63. The Morgan fingerprint density at radius 2 is 1.56 bits per heavy atom. The molecule has 0 spiro atoms. The maximum atomic E-state index is 10.5. The summed E-state index contributed by atoms with van der Waals surface area (Å²) in [6, 6.07) is 6.28. The van der Waals surface area contributed by atoms with E-state index in [0.29, 0.717) is 13.0 Å². The minimum atomic E-state index is -0.718. The lowest BCUT2D eigenvalue weighted by atomic mass is 9.90. The molecular weight excluding hydrogens is 222 g/mol. The highest BCUT2D eigenvalue weighted by atomic mass is 16.3. The van der Waals surface area contributed by atoms with Gasteiger partial charge in [-0.15, -0.1) is 0 Å². The van der Waals surface area contributed by atoms with Gasteiger partial charge in [-0.05, 0) is 58.2 Å². The lowest BCUT2D eigenvalue weighted by Gasteiger charge is -2.30. The zero-order valence-electron chi connectivity index (χ0n) is 12.6. The molecule has 2 heteroatoms. The van der Waals surface area contributed by atoms with E-state index in [1.165, 1.54) is 16.7 Å². The standard InChI is InChI=1S/C16H27NO/c1-12-8-7-9-13(2)14(12)10-16(6,18)11-17-15(3,4)5/h7-9,17-18H,10-11H2,1-6H3. The van der Waals surface area contributed by atoms with E-state index < -0.39 is 5.60 Å². The number of β-amino-alcohol motifs (C(OH)–C–C–N with tert-alkyl or cyclic N) is 1. The Labute approximate surface area is 111 Å². The zero-order valence-corrected chi connectivity index (χ0v) is 12.6. The molecule has 102 valence electrons. The summed E-state index contributed by atoms with van der Waals surface area (Å²) < 4.78 is 0. The minimum Gasteiger partial charge on any atom is -0.389 e. The SMILES string of the molecule is Cc1cccc(C)c1CC(C)(O)CNC(C)(C)C. The largest absolute Gasteiger partial charge is 0.389 e. The fourth-order valence-electron chi connectivity index (χ4n) is 2.03. The van der Waals surface area contributed by atoms with Crippen LogP contribution in [0.1, 0.15) is 44.4 Å². The van der Waals surface area contributed by atoms with Gasteiger partial charge in [0.1, 0.15) is 0 Å². The van der Waals surface area contributed by atoms with Crippen molar-refractivity contribution in [3.63, 3.8) is 0 Å². The van der Waals surface area contributed by atoms with Crippen molar-refractivity contribution < 1.29 is 5.11 Å². The molecule has 1 aromatic carbocycles. The molecule has 0 aromatic heterocycles. The molecule has 1 atom stereocenters. The van der Waals surface area contributed by atoms with Crippen LogP contribution in [0.3, 0.4) is 0 Å². The number of benzene rings is 1. The van der Waals surface area contributed by atoms with Crippen molar-refractivity contribution in [1.29, 1.82) is 0 Å². The summed E-state index contributed by atoms with van der Waals surface area (Å²) in [5.41, 5.74) is 3.09. The van der Waals surface area contributed by atoms with E-state index in [9.17, 15) is 5.11 Å². The van der Waals surface area contributed by atoms with Crippen molar-refractivity contribution >= 4 is 0 Å². The summed E-state index contributed by atoms with van der Waals surface area (Å²) in [5.74, 6) is 0. The Morgan fingerprint density at radius 1 is 1.06 bits per heavy atom. The fraction of sp³-hybridized carbons (Fsp3) is 0.625. The molecule has 0 amide bonds. The second-order valence-corrected chi connectivity index (χ2v) is 6.65. The molecule has 0 saturated heterocycles. The molecule has 0 aliphatic rings. The van der Waals surface area contributed by atoms with Gasteiger partial charge >= 0.3 is 0 Å². The van der Waals surface area contributed by atoms with Gasteiger partial charge in [-0.3, -0.25) is 0 Å². The number of aryl methyl sites for hydroxylation is 2. The summed E-state index contributed by atoms with van der Waals surface area (Å²) in [6.45, 7) is 13.1. The Balaban J connectivity index is 2.76. The van der Waals surface area contributed by atoms with Crippen LogP contribution in [0.5, 0.6) is 0 Å². The monoisotopic (exact) mass is 249 g/mol. The summed E-state index contributed by atoms with van der Waals surface area (Å²) in [6.07, 6.45) is 0.689. The molecule has 0 heterocycles. The van der Waals surface area contributed by atoms with E-state index in [0.717, 1.165) is 0 Å². The smallest absolute Gasteiger partial charge is 0.0784 e. The highest BCUT2D eigenvalue weighted by Gasteiger charge is 2.24. The van der Waals surface area contributed by atoms with Gasteiger partial charge < -0.3 is 10.4 Å². The van der Waals surface area contributed by atoms with Crippen LogP contribution in [-0.2, 0) is 6.42 Å². The van der Waals surface area contributed by atoms with Gasteiger partial charge in [-0.25, -0.2) is 0 Å². The lowest BCUT2D eigenvalue weighted by molar-refractivity contribution is 0.0532. The van der Waals surface area contributed by atoms with Crippen molar-refractivity contribution in [3.05, 3.63) is 34.9 Å². The number of aliphatic hydroxyl groups is 1. The zero-order chi connectivity index (χ0) is 14.0. The van der Waals surface area contributed by atoms with Crippen LogP contribution < -0.4 is 5.32 Å². The van der Waals surface area contributed by atoms with Gasteiger partial charge in [0.05, 0.1) is 5.60 Å². The molecule has 0 aliphatic carbocycles. The van der Waals surface area contributed by atoms with Gasteiger partial charge in [-0.1, -0.05) is 18.2 Å². The second-order valence-electron chi connectivity index (χ2n) is 6.65. The van der Waals surface area contributed by atoms with Crippen LogP contribution in [0, 0.1) is 13.8 Å². The molecule has 0 aliphatic heterocycles. The third kappa shape index (κ3) is 4.79. The molecule has 1 rings (SSSR count). The molecule has 0 radical (unpaired) electrons. The molecule has 0 bridgehead atoms. The average molecular weight is 249 g/mol. The first-order chi connectivity index (χ1) is 8.11. The molecule has 18 heavy (non-hydrogen) atoms. The van der Waals surface area contributed by atoms with Crippen LogP contribution in [0.25, 0.3) is 0 Å². The van der Waals surface area contributed by atoms with Gasteiger partial charge in [0.15, 0.2) is 0 Å². The third-order valence-electron chi connectivity index (χ3n) is 3.20. The van der Waals surface area contributed by atoms with Crippen LogP contribution >= 0.6 is 0 Å². The van der Waals surface area contributed by atoms with Gasteiger partial charge in [0.25, 0.3) is 0 Å². The van der Waals surface area contributed by atoms with Crippen molar-refractivity contribution in [3.8, 4) is 0 Å². The van der Waals surface area contributed by atoms with Crippen LogP contribution in [0.4, 0.5) is 0 Å². The van der Waals surface area contributed by atoms with Crippen molar-refractivity contribution in [2.75, 3.05) is 6.54 Å². The van der Waals surface area contributed by atoms with Gasteiger partial charge in [0.2, 0.25) is 0 Å². The van der Waals surface area contributed by atoms with Crippen molar-refractivity contribution in [2.24, 2.45) is 0 Å². The highest BCUT2D eigenvalue weighted by Crippen LogP contribution is 2.20. The van der Waals surface area contributed by atoms with E-state index in [2.05, 4.69) is 58.1 Å². The van der Waals surface area contributed by atoms with Gasteiger partial charge in [-0.2, -0.15) is 0 Å². The average Bonchev–Trinajstić information content (AvgIpc) is 2.20. The van der Waals surface area contributed by atoms with E-state index in [1.807, 2.05) is 6.92 Å².